The second-order valence-corrected chi connectivity index (χ2v) is 5.89. The molecule has 0 N–H and O–H groups in total. The fourth-order valence-corrected chi connectivity index (χ4v) is 2.86. The van der Waals surface area contributed by atoms with Gasteiger partial charge in [-0.25, -0.2) is 0 Å². The van der Waals surface area contributed by atoms with Crippen LogP contribution in [0.1, 0.15) is 32.3 Å². The van der Waals surface area contributed by atoms with Crippen molar-refractivity contribution in [3.8, 4) is 0 Å². The number of hydrogen-bond acceptors (Lipinski definition) is 2. The van der Waals surface area contributed by atoms with E-state index in [1.807, 2.05) is 38.1 Å². The summed E-state index contributed by atoms with van der Waals surface area (Å²) in [6.45, 7) is 7.89. The van der Waals surface area contributed by atoms with Crippen molar-refractivity contribution in [2.24, 2.45) is 5.92 Å². The van der Waals surface area contributed by atoms with E-state index in [1.165, 1.54) is 0 Å². The highest BCUT2D eigenvalue weighted by atomic mass is 16.2. The minimum absolute atomic E-state index is 0.370. The number of likely N-dealkylation sites (N-methyl/N-ethyl adjacent to an activating group) is 1. The van der Waals surface area contributed by atoms with Gasteiger partial charge in [-0.1, -0.05) is 19.1 Å². The summed E-state index contributed by atoms with van der Waals surface area (Å²) in [4.78, 5) is 28.2. The van der Waals surface area contributed by atoms with Gasteiger partial charge >= 0.3 is 11.8 Å². The first kappa shape index (κ1) is 15.5. The van der Waals surface area contributed by atoms with Gasteiger partial charge in [-0.3, -0.25) is 9.59 Å². The highest BCUT2D eigenvalue weighted by Crippen LogP contribution is 2.19. The minimum atomic E-state index is -0.419. The Morgan fingerprint density at radius 3 is 2.76 bits per heavy atom. The van der Waals surface area contributed by atoms with Crippen LogP contribution in [-0.4, -0.2) is 36.3 Å². The van der Waals surface area contributed by atoms with Gasteiger partial charge in [0.25, 0.3) is 0 Å². The van der Waals surface area contributed by atoms with E-state index < -0.39 is 5.91 Å². The summed E-state index contributed by atoms with van der Waals surface area (Å²) in [6.07, 6.45) is 2.12. The molecule has 1 heterocycles. The minimum Gasteiger partial charge on any atom is -0.334 e. The lowest BCUT2D eigenvalue weighted by Crippen LogP contribution is -2.48. The zero-order chi connectivity index (χ0) is 15.4. The quantitative estimate of drug-likeness (QED) is 0.785. The van der Waals surface area contributed by atoms with Gasteiger partial charge in [0.1, 0.15) is 0 Å². The maximum Gasteiger partial charge on any atom is 0.316 e. The number of aryl methyl sites for hydroxylation is 1. The van der Waals surface area contributed by atoms with Crippen molar-refractivity contribution in [3.05, 3.63) is 29.8 Å². The molecule has 0 radical (unpaired) electrons. The Kier molecular flexibility index (Phi) is 4.99. The van der Waals surface area contributed by atoms with E-state index >= 15 is 0 Å². The topological polar surface area (TPSA) is 40.6 Å². The normalized spacial score (nSPS) is 18.4. The van der Waals surface area contributed by atoms with E-state index in [4.69, 9.17) is 0 Å². The Hall–Kier alpha value is -1.84. The molecule has 4 heteroatoms. The molecule has 0 bridgehead atoms. The molecule has 1 aliphatic rings. The Balaban J connectivity index is 2.14. The van der Waals surface area contributed by atoms with Gasteiger partial charge in [0, 0.05) is 25.3 Å². The fourth-order valence-electron chi connectivity index (χ4n) is 2.86. The van der Waals surface area contributed by atoms with Crippen molar-refractivity contribution < 1.29 is 9.59 Å². The van der Waals surface area contributed by atoms with Crippen LogP contribution < -0.4 is 4.90 Å². The molecule has 2 rings (SSSR count). The van der Waals surface area contributed by atoms with Gasteiger partial charge in [0.2, 0.25) is 0 Å². The summed E-state index contributed by atoms with van der Waals surface area (Å²) in [5, 5.41) is 0. The lowest BCUT2D eigenvalue weighted by Gasteiger charge is -2.32. The molecule has 114 valence electrons. The fraction of sp³-hybridized carbons (Fsp3) is 0.529. The van der Waals surface area contributed by atoms with Gasteiger partial charge in [0.05, 0.1) is 0 Å². The standard InChI is InChI=1S/C17H24N2O2/c1-4-19(15-9-5-7-13(2)11-15)17(21)16(20)18-10-6-8-14(3)12-18/h5,7,9,11,14H,4,6,8,10,12H2,1-3H3. The molecule has 0 spiro atoms. The SMILES string of the molecule is CCN(C(=O)C(=O)N1CCCC(C)C1)c1cccc(C)c1. The van der Waals surface area contributed by atoms with Crippen LogP contribution in [0.15, 0.2) is 24.3 Å². The number of anilines is 1. The second-order valence-electron chi connectivity index (χ2n) is 5.89. The Morgan fingerprint density at radius 1 is 1.38 bits per heavy atom. The maximum absolute atomic E-state index is 12.5. The molecule has 0 aliphatic carbocycles. The lowest BCUT2D eigenvalue weighted by atomic mass is 10.0. The Labute approximate surface area is 126 Å². The van der Waals surface area contributed by atoms with Gasteiger partial charge in [-0.05, 0) is 50.3 Å². The molecule has 1 unspecified atom stereocenters. The third kappa shape index (κ3) is 3.63. The molecule has 1 aromatic carbocycles. The van der Waals surface area contributed by atoms with Crippen LogP contribution >= 0.6 is 0 Å². The lowest BCUT2D eigenvalue weighted by molar-refractivity contribution is -0.145. The molecule has 2 amide bonds. The Morgan fingerprint density at radius 2 is 2.14 bits per heavy atom. The number of carbonyl (C=O) groups excluding carboxylic acids is 2. The smallest absolute Gasteiger partial charge is 0.316 e. The van der Waals surface area contributed by atoms with Gasteiger partial charge < -0.3 is 9.80 Å². The van der Waals surface area contributed by atoms with Gasteiger partial charge in [0.15, 0.2) is 0 Å². The van der Waals surface area contributed by atoms with Crippen LogP contribution in [0.25, 0.3) is 0 Å². The summed E-state index contributed by atoms with van der Waals surface area (Å²) in [7, 11) is 0. The highest BCUT2D eigenvalue weighted by molar-refractivity contribution is 6.40. The van der Waals surface area contributed by atoms with Gasteiger partial charge in [-0.15, -0.1) is 0 Å². The number of benzene rings is 1. The number of carbonyl (C=O) groups is 2. The van der Waals surface area contributed by atoms with E-state index in [0.29, 0.717) is 25.6 Å². The van der Waals surface area contributed by atoms with E-state index in [1.54, 1.807) is 9.80 Å². The first-order valence-corrected chi connectivity index (χ1v) is 7.70. The first-order chi connectivity index (χ1) is 10.0. The zero-order valence-electron chi connectivity index (χ0n) is 13.1. The first-order valence-electron chi connectivity index (χ1n) is 7.70. The molecule has 0 saturated carbocycles. The molecule has 4 nitrogen and oxygen atoms in total. The molecular formula is C17H24N2O2. The monoisotopic (exact) mass is 288 g/mol. The van der Waals surface area contributed by atoms with Crippen molar-refractivity contribution >= 4 is 17.5 Å². The van der Waals surface area contributed by atoms with Crippen LogP contribution in [0.5, 0.6) is 0 Å². The summed E-state index contributed by atoms with van der Waals surface area (Å²) < 4.78 is 0. The van der Waals surface area contributed by atoms with Crippen molar-refractivity contribution in [2.45, 2.75) is 33.6 Å². The number of rotatable bonds is 2. The van der Waals surface area contributed by atoms with Gasteiger partial charge in [-0.2, -0.15) is 0 Å². The van der Waals surface area contributed by atoms with Crippen LogP contribution in [0, 0.1) is 12.8 Å². The van der Waals surface area contributed by atoms with Crippen molar-refractivity contribution in [1.29, 1.82) is 0 Å². The second kappa shape index (κ2) is 6.74. The predicted octanol–water partition coefficient (Wildman–Crippen LogP) is 2.61. The van der Waals surface area contributed by atoms with Crippen molar-refractivity contribution in [1.82, 2.24) is 4.90 Å². The van der Waals surface area contributed by atoms with Crippen LogP contribution in [-0.2, 0) is 9.59 Å². The van der Waals surface area contributed by atoms with E-state index in [2.05, 4.69) is 6.92 Å². The van der Waals surface area contributed by atoms with Crippen LogP contribution in [0.4, 0.5) is 5.69 Å². The highest BCUT2D eigenvalue weighted by Gasteiger charge is 2.29. The predicted molar refractivity (Wildman–Crippen MR) is 84.2 cm³/mol. The van der Waals surface area contributed by atoms with Crippen LogP contribution in [0.3, 0.4) is 0 Å². The van der Waals surface area contributed by atoms with E-state index in [-0.39, 0.29) is 5.91 Å². The zero-order valence-corrected chi connectivity index (χ0v) is 13.1. The molecule has 0 aromatic heterocycles. The number of hydrogen-bond donors (Lipinski definition) is 0. The number of nitrogens with zero attached hydrogens (tertiary/aromatic N) is 2. The summed E-state index contributed by atoms with van der Waals surface area (Å²) in [6, 6.07) is 7.71. The third-order valence-electron chi connectivity index (χ3n) is 4.00. The molecular weight excluding hydrogens is 264 g/mol. The number of piperidine rings is 1. The number of amides is 2. The molecule has 1 saturated heterocycles. The maximum atomic E-state index is 12.5. The Bertz CT molecular complexity index is 527. The molecule has 1 aliphatic heterocycles. The summed E-state index contributed by atoms with van der Waals surface area (Å²) >= 11 is 0. The largest absolute Gasteiger partial charge is 0.334 e. The molecule has 1 fully saturated rings. The summed E-state index contributed by atoms with van der Waals surface area (Å²) in [5.41, 5.74) is 1.87. The molecule has 21 heavy (non-hydrogen) atoms. The molecule has 1 atom stereocenters. The van der Waals surface area contributed by atoms with Crippen molar-refractivity contribution in [2.75, 3.05) is 24.5 Å². The molecule has 1 aromatic rings. The summed E-state index contributed by atoms with van der Waals surface area (Å²) in [5.74, 6) is -0.313. The van der Waals surface area contributed by atoms with Crippen molar-refractivity contribution in [3.63, 3.8) is 0 Å². The number of likely N-dealkylation sites (tertiary alicyclic amines) is 1. The third-order valence-corrected chi connectivity index (χ3v) is 4.00. The average molecular weight is 288 g/mol. The average Bonchev–Trinajstić information content (AvgIpc) is 2.47. The van der Waals surface area contributed by atoms with E-state index in [0.717, 1.165) is 24.1 Å². The van der Waals surface area contributed by atoms with E-state index in [9.17, 15) is 9.59 Å². The van der Waals surface area contributed by atoms with Crippen LogP contribution in [0.2, 0.25) is 0 Å².